The Morgan fingerprint density at radius 2 is 2.16 bits per heavy atom. The maximum Gasteiger partial charge on any atom is 0.240 e. The van der Waals surface area contributed by atoms with Gasteiger partial charge in [-0.3, -0.25) is 4.79 Å². The summed E-state index contributed by atoms with van der Waals surface area (Å²) in [6, 6.07) is 11.1. The molecule has 1 amide bonds. The van der Waals surface area contributed by atoms with E-state index in [1.807, 2.05) is 30.3 Å². The number of hydrogen-bond acceptors (Lipinski definition) is 3. The third-order valence-corrected chi connectivity index (χ3v) is 3.55. The molecule has 2 atom stereocenters. The van der Waals surface area contributed by atoms with Gasteiger partial charge in [0.05, 0.1) is 12.1 Å². The molecule has 0 aromatic heterocycles. The fourth-order valence-corrected chi connectivity index (χ4v) is 2.50. The van der Waals surface area contributed by atoms with Crippen molar-refractivity contribution in [2.75, 3.05) is 6.54 Å². The molecule has 0 bridgehead atoms. The Bertz CT molecular complexity index is 466. The molecule has 1 aromatic carbocycles. The van der Waals surface area contributed by atoms with Crippen LogP contribution in [0.4, 0.5) is 0 Å². The van der Waals surface area contributed by atoms with Gasteiger partial charge in [0.25, 0.3) is 0 Å². The second-order valence-electron chi connectivity index (χ2n) is 4.97. The maximum atomic E-state index is 12.3. The van der Waals surface area contributed by atoms with E-state index in [4.69, 9.17) is 11.0 Å². The number of likely N-dealkylation sites (tertiary alicyclic amines) is 1. The minimum Gasteiger partial charge on any atom is -0.325 e. The molecule has 100 valence electrons. The summed E-state index contributed by atoms with van der Waals surface area (Å²) in [5.41, 5.74) is 7.05. The average molecular weight is 257 g/mol. The van der Waals surface area contributed by atoms with Gasteiger partial charge < -0.3 is 10.6 Å². The lowest BCUT2D eigenvalue weighted by molar-refractivity contribution is -0.135. The molecule has 0 spiro atoms. The highest BCUT2D eigenvalue weighted by atomic mass is 16.2. The Kier molecular flexibility index (Phi) is 4.53. The van der Waals surface area contributed by atoms with Crippen molar-refractivity contribution in [2.24, 2.45) is 5.73 Å². The number of hydrogen-bond donors (Lipinski definition) is 1. The van der Waals surface area contributed by atoms with Crippen molar-refractivity contribution < 1.29 is 4.79 Å². The fourth-order valence-electron chi connectivity index (χ4n) is 2.50. The molecule has 1 heterocycles. The molecule has 1 fully saturated rings. The first-order valence-corrected chi connectivity index (χ1v) is 6.72. The molecule has 1 unspecified atom stereocenters. The number of amides is 1. The molecule has 1 saturated heterocycles. The third-order valence-electron chi connectivity index (χ3n) is 3.55. The summed E-state index contributed by atoms with van der Waals surface area (Å²) in [6.07, 6.45) is 3.26. The van der Waals surface area contributed by atoms with E-state index in [2.05, 4.69) is 6.07 Å². The second kappa shape index (κ2) is 6.35. The summed E-state index contributed by atoms with van der Waals surface area (Å²) in [4.78, 5) is 14.0. The molecule has 0 saturated carbocycles. The zero-order valence-electron chi connectivity index (χ0n) is 11.0. The highest BCUT2D eigenvalue weighted by Crippen LogP contribution is 2.17. The standard InChI is InChI=1S/C15H19N3O/c16-11-13-8-4-5-9-18(13)15(19)14(17)10-12-6-2-1-3-7-12/h1-3,6-7,13-14H,4-5,8-10,17H2/t13?,14-/m0/s1. The lowest BCUT2D eigenvalue weighted by Crippen LogP contribution is -2.51. The van der Waals surface area contributed by atoms with Crippen LogP contribution in [0.3, 0.4) is 0 Å². The lowest BCUT2D eigenvalue weighted by Gasteiger charge is -2.33. The first-order valence-electron chi connectivity index (χ1n) is 6.72. The van der Waals surface area contributed by atoms with Gasteiger partial charge in [0.1, 0.15) is 6.04 Å². The largest absolute Gasteiger partial charge is 0.325 e. The van der Waals surface area contributed by atoms with Gasteiger partial charge in [-0.15, -0.1) is 0 Å². The van der Waals surface area contributed by atoms with E-state index in [1.54, 1.807) is 4.90 Å². The van der Waals surface area contributed by atoms with E-state index in [1.165, 1.54) is 0 Å². The Labute approximate surface area is 113 Å². The highest BCUT2D eigenvalue weighted by Gasteiger charge is 2.29. The van der Waals surface area contributed by atoms with Gasteiger partial charge in [-0.1, -0.05) is 30.3 Å². The number of rotatable bonds is 3. The monoisotopic (exact) mass is 257 g/mol. The Morgan fingerprint density at radius 1 is 1.42 bits per heavy atom. The number of nitrogens with two attached hydrogens (primary N) is 1. The van der Waals surface area contributed by atoms with Crippen molar-refractivity contribution >= 4 is 5.91 Å². The molecule has 2 rings (SSSR count). The van der Waals surface area contributed by atoms with E-state index in [-0.39, 0.29) is 11.9 Å². The van der Waals surface area contributed by atoms with Gasteiger partial charge in [-0.25, -0.2) is 0 Å². The number of nitriles is 1. The number of carbonyl (C=O) groups is 1. The van der Waals surface area contributed by atoms with Crippen LogP contribution >= 0.6 is 0 Å². The van der Waals surface area contributed by atoms with E-state index >= 15 is 0 Å². The zero-order valence-corrected chi connectivity index (χ0v) is 11.0. The maximum absolute atomic E-state index is 12.3. The quantitative estimate of drug-likeness (QED) is 0.891. The van der Waals surface area contributed by atoms with Crippen LogP contribution in [-0.4, -0.2) is 29.4 Å². The Balaban J connectivity index is 2.00. The normalized spacial score (nSPS) is 20.6. The van der Waals surface area contributed by atoms with E-state index in [9.17, 15) is 4.79 Å². The van der Waals surface area contributed by atoms with Crippen LogP contribution in [0.5, 0.6) is 0 Å². The molecule has 19 heavy (non-hydrogen) atoms. The van der Waals surface area contributed by atoms with Crippen molar-refractivity contribution in [3.63, 3.8) is 0 Å². The number of benzene rings is 1. The molecule has 1 aliphatic heterocycles. The van der Waals surface area contributed by atoms with Crippen molar-refractivity contribution in [1.82, 2.24) is 4.90 Å². The van der Waals surface area contributed by atoms with Crippen molar-refractivity contribution in [2.45, 2.75) is 37.8 Å². The first kappa shape index (κ1) is 13.6. The van der Waals surface area contributed by atoms with Crippen LogP contribution in [0.1, 0.15) is 24.8 Å². The predicted molar refractivity (Wildman–Crippen MR) is 73.1 cm³/mol. The van der Waals surface area contributed by atoms with E-state index in [0.717, 1.165) is 24.8 Å². The zero-order chi connectivity index (χ0) is 13.7. The first-order chi connectivity index (χ1) is 9.22. The average Bonchev–Trinajstić information content (AvgIpc) is 2.47. The minimum absolute atomic E-state index is 0.102. The van der Waals surface area contributed by atoms with E-state index < -0.39 is 6.04 Å². The van der Waals surface area contributed by atoms with Gasteiger partial charge in [0, 0.05) is 6.54 Å². The summed E-state index contributed by atoms with van der Waals surface area (Å²) in [5, 5.41) is 9.10. The lowest BCUT2D eigenvalue weighted by atomic mass is 10.00. The molecule has 1 aliphatic rings. The number of carbonyl (C=O) groups excluding carboxylic acids is 1. The van der Waals surface area contributed by atoms with Gasteiger partial charge in [-0.2, -0.15) is 5.26 Å². The molecule has 4 heteroatoms. The molecular formula is C15H19N3O. The van der Waals surface area contributed by atoms with Gasteiger partial charge in [0.15, 0.2) is 0 Å². The van der Waals surface area contributed by atoms with Gasteiger partial charge in [0.2, 0.25) is 5.91 Å². The van der Waals surface area contributed by atoms with Crippen LogP contribution in [0.25, 0.3) is 0 Å². The minimum atomic E-state index is -0.559. The molecule has 0 aliphatic carbocycles. The van der Waals surface area contributed by atoms with Crippen molar-refractivity contribution in [1.29, 1.82) is 5.26 Å². The molecule has 4 nitrogen and oxygen atoms in total. The summed E-state index contributed by atoms with van der Waals surface area (Å²) >= 11 is 0. The summed E-state index contributed by atoms with van der Waals surface area (Å²) in [6.45, 7) is 0.652. The van der Waals surface area contributed by atoms with E-state index in [0.29, 0.717) is 13.0 Å². The van der Waals surface area contributed by atoms with Crippen LogP contribution in [0.2, 0.25) is 0 Å². The molecule has 0 radical (unpaired) electrons. The van der Waals surface area contributed by atoms with Gasteiger partial charge >= 0.3 is 0 Å². The Morgan fingerprint density at radius 3 is 2.84 bits per heavy atom. The summed E-state index contributed by atoms with van der Waals surface area (Å²) < 4.78 is 0. The van der Waals surface area contributed by atoms with Crippen LogP contribution < -0.4 is 5.73 Å². The van der Waals surface area contributed by atoms with Gasteiger partial charge in [-0.05, 0) is 31.2 Å². The predicted octanol–water partition coefficient (Wildman–Crippen LogP) is 1.46. The van der Waals surface area contributed by atoms with Crippen LogP contribution in [-0.2, 0) is 11.2 Å². The molecule has 1 aromatic rings. The topological polar surface area (TPSA) is 70.1 Å². The number of piperidine rings is 1. The second-order valence-corrected chi connectivity index (χ2v) is 4.97. The fraction of sp³-hybridized carbons (Fsp3) is 0.467. The smallest absolute Gasteiger partial charge is 0.240 e. The summed E-state index contributed by atoms with van der Waals surface area (Å²) in [7, 11) is 0. The van der Waals surface area contributed by atoms with Crippen molar-refractivity contribution in [3.8, 4) is 6.07 Å². The van der Waals surface area contributed by atoms with Crippen LogP contribution in [0.15, 0.2) is 30.3 Å². The Hall–Kier alpha value is -1.86. The molecule has 2 N–H and O–H groups in total. The molecular weight excluding hydrogens is 238 g/mol. The third kappa shape index (κ3) is 3.33. The number of nitrogens with zero attached hydrogens (tertiary/aromatic N) is 2. The van der Waals surface area contributed by atoms with Crippen molar-refractivity contribution in [3.05, 3.63) is 35.9 Å². The summed E-state index contributed by atoms with van der Waals surface area (Å²) in [5.74, 6) is -0.102. The highest BCUT2D eigenvalue weighted by molar-refractivity contribution is 5.82. The SMILES string of the molecule is N#CC1CCCCN1C(=O)[C@@H](N)Cc1ccccc1. The van der Waals surface area contributed by atoms with Crippen LogP contribution in [0, 0.1) is 11.3 Å².